The molecule has 1 aliphatic heterocycles. The fourth-order valence-electron chi connectivity index (χ4n) is 3.63. The van der Waals surface area contributed by atoms with Crippen molar-refractivity contribution < 1.29 is 27.8 Å². The lowest BCUT2D eigenvalue weighted by molar-refractivity contribution is -0.141. The second kappa shape index (κ2) is 9.55. The Kier molecular flexibility index (Phi) is 6.72. The number of rotatable bonds is 6. The van der Waals surface area contributed by atoms with Gasteiger partial charge in [-0.3, -0.25) is 4.98 Å². The quantitative estimate of drug-likeness (QED) is 0.484. The second-order valence-electron chi connectivity index (χ2n) is 8.56. The molecule has 3 aromatic rings. The average molecular weight is 474 g/mol. The molecule has 0 atom stereocenters. The molecule has 0 unspecified atom stereocenters. The van der Waals surface area contributed by atoms with Crippen molar-refractivity contribution >= 4 is 11.5 Å². The van der Waals surface area contributed by atoms with E-state index in [4.69, 9.17) is 9.47 Å². The number of alkyl halides is 3. The highest BCUT2D eigenvalue weighted by molar-refractivity contribution is 5.58. The van der Waals surface area contributed by atoms with E-state index in [1.54, 1.807) is 44.3 Å². The number of nitrogens with zero attached hydrogens (tertiary/aromatic N) is 3. The first-order valence-electron chi connectivity index (χ1n) is 10.9. The van der Waals surface area contributed by atoms with E-state index in [2.05, 4.69) is 20.3 Å². The van der Waals surface area contributed by atoms with Gasteiger partial charge in [-0.25, -0.2) is 9.97 Å². The van der Waals surface area contributed by atoms with Crippen molar-refractivity contribution in [2.45, 2.75) is 44.4 Å². The summed E-state index contributed by atoms with van der Waals surface area (Å²) in [5.41, 5.74) is -0.628. The van der Waals surface area contributed by atoms with Crippen molar-refractivity contribution in [2.24, 2.45) is 0 Å². The highest BCUT2D eigenvalue weighted by Gasteiger charge is 2.34. The van der Waals surface area contributed by atoms with Crippen molar-refractivity contribution in [3.8, 4) is 11.5 Å². The van der Waals surface area contributed by atoms with E-state index in [9.17, 15) is 18.3 Å². The van der Waals surface area contributed by atoms with E-state index >= 15 is 0 Å². The topological polar surface area (TPSA) is 89.4 Å². The lowest BCUT2D eigenvalue weighted by Crippen LogP contribution is -2.18. The minimum atomic E-state index is -4.54. The molecule has 2 N–H and O–H groups in total. The maximum Gasteiger partial charge on any atom is 0.433 e. The molecule has 0 radical (unpaired) electrons. The minimum absolute atomic E-state index is 0.192. The van der Waals surface area contributed by atoms with E-state index in [1.807, 2.05) is 0 Å². The molecule has 3 aromatic heterocycles. The third-order valence-corrected chi connectivity index (χ3v) is 5.40. The Hall–Kier alpha value is -3.24. The number of nitrogens with one attached hydrogen (secondary N) is 1. The van der Waals surface area contributed by atoms with Crippen LogP contribution in [0.2, 0.25) is 0 Å². The molecule has 1 fully saturated rings. The highest BCUT2D eigenvalue weighted by atomic mass is 19.4. The molecule has 0 bridgehead atoms. The molecular weight excluding hydrogens is 449 g/mol. The Morgan fingerprint density at radius 2 is 1.74 bits per heavy atom. The van der Waals surface area contributed by atoms with Gasteiger partial charge in [0, 0.05) is 43.3 Å². The zero-order valence-electron chi connectivity index (χ0n) is 18.8. The Bertz CT molecular complexity index is 1140. The number of aromatic nitrogens is 3. The van der Waals surface area contributed by atoms with Crippen LogP contribution in [-0.4, -0.2) is 33.3 Å². The molecule has 0 amide bonds. The van der Waals surface area contributed by atoms with E-state index in [-0.39, 0.29) is 17.4 Å². The number of ether oxygens (including phenoxy) is 2. The monoisotopic (exact) mass is 474 g/mol. The minimum Gasteiger partial charge on any atom is -0.455 e. The first-order chi connectivity index (χ1) is 16.1. The molecule has 1 aliphatic rings. The molecule has 0 saturated carbocycles. The predicted octanol–water partition coefficient (Wildman–Crippen LogP) is 5.55. The number of halogens is 3. The van der Waals surface area contributed by atoms with Gasteiger partial charge in [-0.2, -0.15) is 13.2 Å². The van der Waals surface area contributed by atoms with Crippen molar-refractivity contribution in [2.75, 3.05) is 18.5 Å². The number of pyridine rings is 3. The third-order valence-electron chi connectivity index (χ3n) is 5.40. The Labute approximate surface area is 195 Å². The Morgan fingerprint density at radius 1 is 1.00 bits per heavy atom. The standard InChI is InChI=1S/C24H25F3N4O3/c1-23(2,32)20-13-16(5-9-28-20)30-21-14-17(6-10-29-21)34-18-3-4-19(24(25,26)27)31-22(18)15-7-11-33-12-8-15/h3-6,9-10,13-15,32H,7-8,11-12H2,1-2H3,(H,28,29,30). The number of anilines is 2. The van der Waals surface area contributed by atoms with Gasteiger partial charge in [-0.05, 0) is 57.0 Å². The predicted molar refractivity (Wildman–Crippen MR) is 119 cm³/mol. The van der Waals surface area contributed by atoms with Crippen LogP contribution >= 0.6 is 0 Å². The summed E-state index contributed by atoms with van der Waals surface area (Å²) in [6.45, 7) is 4.20. The average Bonchev–Trinajstić information content (AvgIpc) is 2.79. The van der Waals surface area contributed by atoms with Gasteiger partial charge in [-0.1, -0.05) is 0 Å². The van der Waals surface area contributed by atoms with Gasteiger partial charge >= 0.3 is 6.18 Å². The van der Waals surface area contributed by atoms with Gasteiger partial charge < -0.3 is 19.9 Å². The summed E-state index contributed by atoms with van der Waals surface area (Å²) in [6, 6.07) is 8.92. The van der Waals surface area contributed by atoms with Crippen LogP contribution in [0.5, 0.6) is 11.5 Å². The summed E-state index contributed by atoms with van der Waals surface area (Å²) in [5.74, 6) is 0.926. The normalized spacial score (nSPS) is 15.2. The number of aliphatic hydroxyl groups is 1. The van der Waals surface area contributed by atoms with Gasteiger partial charge in [-0.15, -0.1) is 0 Å². The van der Waals surface area contributed by atoms with Crippen LogP contribution in [0, 0.1) is 0 Å². The van der Waals surface area contributed by atoms with Crippen molar-refractivity contribution in [1.82, 2.24) is 15.0 Å². The maximum absolute atomic E-state index is 13.3. The smallest absolute Gasteiger partial charge is 0.433 e. The first kappa shape index (κ1) is 23.9. The van der Waals surface area contributed by atoms with E-state index in [0.29, 0.717) is 49.0 Å². The van der Waals surface area contributed by atoms with Crippen molar-refractivity contribution in [3.63, 3.8) is 0 Å². The molecule has 34 heavy (non-hydrogen) atoms. The summed E-state index contributed by atoms with van der Waals surface area (Å²) in [5, 5.41) is 13.3. The van der Waals surface area contributed by atoms with Gasteiger partial charge in [0.15, 0.2) is 0 Å². The Balaban J connectivity index is 1.59. The van der Waals surface area contributed by atoms with Gasteiger partial charge in [0.1, 0.15) is 28.6 Å². The fraction of sp³-hybridized carbons (Fsp3) is 0.375. The van der Waals surface area contributed by atoms with Crippen LogP contribution in [0.25, 0.3) is 0 Å². The molecular formula is C24H25F3N4O3. The van der Waals surface area contributed by atoms with Crippen LogP contribution in [0.15, 0.2) is 48.8 Å². The highest BCUT2D eigenvalue weighted by Crippen LogP contribution is 2.38. The van der Waals surface area contributed by atoms with Crippen LogP contribution in [0.3, 0.4) is 0 Å². The van der Waals surface area contributed by atoms with E-state index in [0.717, 1.165) is 6.07 Å². The lowest BCUT2D eigenvalue weighted by atomic mass is 9.95. The summed E-state index contributed by atoms with van der Waals surface area (Å²) >= 11 is 0. The van der Waals surface area contributed by atoms with Gasteiger partial charge in [0.2, 0.25) is 0 Å². The van der Waals surface area contributed by atoms with Crippen molar-refractivity contribution in [1.29, 1.82) is 0 Å². The zero-order chi connectivity index (χ0) is 24.3. The zero-order valence-corrected chi connectivity index (χ0v) is 18.8. The first-order valence-corrected chi connectivity index (χ1v) is 10.9. The molecule has 0 aliphatic carbocycles. The molecule has 4 heterocycles. The molecule has 180 valence electrons. The number of hydrogen-bond donors (Lipinski definition) is 2. The summed E-state index contributed by atoms with van der Waals surface area (Å²) < 4.78 is 51.2. The molecule has 0 spiro atoms. The fourth-order valence-corrected chi connectivity index (χ4v) is 3.63. The SMILES string of the molecule is CC(C)(O)c1cc(Nc2cc(Oc3ccc(C(F)(F)F)nc3C3CCOCC3)ccn2)ccn1. The Morgan fingerprint density at radius 3 is 2.44 bits per heavy atom. The van der Waals surface area contributed by atoms with Crippen LogP contribution in [0.4, 0.5) is 24.7 Å². The van der Waals surface area contributed by atoms with E-state index < -0.39 is 17.5 Å². The molecule has 10 heteroatoms. The largest absolute Gasteiger partial charge is 0.455 e. The number of hydrogen-bond acceptors (Lipinski definition) is 7. The summed E-state index contributed by atoms with van der Waals surface area (Å²) in [4.78, 5) is 12.4. The molecule has 7 nitrogen and oxygen atoms in total. The van der Waals surface area contributed by atoms with Crippen LogP contribution in [-0.2, 0) is 16.5 Å². The third kappa shape index (κ3) is 5.81. The van der Waals surface area contributed by atoms with Crippen LogP contribution in [0.1, 0.15) is 49.7 Å². The van der Waals surface area contributed by atoms with E-state index in [1.165, 1.54) is 12.3 Å². The molecule has 4 rings (SSSR count). The second-order valence-corrected chi connectivity index (χ2v) is 8.56. The molecule has 0 aromatic carbocycles. The summed E-state index contributed by atoms with van der Waals surface area (Å²) in [7, 11) is 0. The van der Waals surface area contributed by atoms with Gasteiger partial charge in [0.25, 0.3) is 0 Å². The van der Waals surface area contributed by atoms with Gasteiger partial charge in [0.05, 0.1) is 11.4 Å². The maximum atomic E-state index is 13.3. The lowest BCUT2D eigenvalue weighted by Gasteiger charge is -2.24. The van der Waals surface area contributed by atoms with Crippen molar-refractivity contribution in [3.05, 3.63) is 65.9 Å². The summed E-state index contributed by atoms with van der Waals surface area (Å²) in [6.07, 6.45) is -0.303. The van der Waals surface area contributed by atoms with Crippen LogP contribution < -0.4 is 10.1 Å². The molecule has 1 saturated heterocycles.